The van der Waals surface area contributed by atoms with Crippen LogP contribution in [0.5, 0.6) is 0 Å². The van der Waals surface area contributed by atoms with Crippen molar-refractivity contribution in [3.05, 3.63) is 50.7 Å². The van der Waals surface area contributed by atoms with E-state index < -0.39 is 33.9 Å². The number of aromatic nitrogens is 11. The third-order valence-electron chi connectivity index (χ3n) is 7.36. The van der Waals surface area contributed by atoms with E-state index in [2.05, 4.69) is 61.1 Å². The number of nitrogens with two attached hydrogens (primary N) is 2. The normalized spacial score (nSPS) is 11.9. The quantitative estimate of drug-likeness (QED) is 0.0957. The number of nitrogens with one attached hydrogen (secondary N) is 1. The molecule has 284 valence electrons. The number of nitrogen functional groups attached to an aromatic ring is 2. The number of anilines is 4. The Bertz CT molecular complexity index is 2370. The molecule has 1 aromatic carbocycles. The van der Waals surface area contributed by atoms with E-state index >= 15 is 0 Å². The Kier molecular flexibility index (Phi) is 14.8. The number of azo groups is 2. The summed E-state index contributed by atoms with van der Waals surface area (Å²) in [6, 6.07) is 3.16. The molecule has 5 aromatic heterocycles. The summed E-state index contributed by atoms with van der Waals surface area (Å²) >= 11 is 2.46. The molecule has 0 fully saturated rings. The predicted molar refractivity (Wildman–Crippen MR) is 196 cm³/mol. The summed E-state index contributed by atoms with van der Waals surface area (Å²) in [6.45, 7) is 15.0. The Morgan fingerprint density at radius 3 is 1.40 bits per heavy atom. The zero-order valence-corrected chi connectivity index (χ0v) is 40.4. The second kappa shape index (κ2) is 18.2. The van der Waals surface area contributed by atoms with Gasteiger partial charge in [-0.15, -0.1) is 40.9 Å². The first-order chi connectivity index (χ1) is 25.8. The molecule has 0 amide bonds. The molecular formula is C31H32K2N18O4S2. The topological polar surface area (TPSA) is 320 Å². The number of hydrogen-bond acceptors (Lipinski definition) is 22. The van der Waals surface area contributed by atoms with Crippen LogP contribution in [-0.2, 0) is 10.8 Å². The van der Waals surface area contributed by atoms with Gasteiger partial charge in [-0.2, -0.15) is 34.5 Å². The molecule has 22 nitrogen and oxygen atoms in total. The molecule has 6 rings (SSSR count). The van der Waals surface area contributed by atoms with Crippen LogP contribution in [-0.4, -0.2) is 66.8 Å². The first kappa shape index (κ1) is 46.3. The number of aromatic carboxylic acids is 2. The molecule has 26 heteroatoms. The van der Waals surface area contributed by atoms with Gasteiger partial charge in [0, 0.05) is 16.5 Å². The molecule has 0 saturated carbocycles. The van der Waals surface area contributed by atoms with Crippen molar-refractivity contribution in [2.24, 2.45) is 20.5 Å². The number of rotatable bonds is 10. The largest absolute Gasteiger partial charge is 1.00 e. The van der Waals surface area contributed by atoms with Crippen LogP contribution < -0.4 is 130 Å². The van der Waals surface area contributed by atoms with Gasteiger partial charge in [0.05, 0.1) is 23.3 Å². The van der Waals surface area contributed by atoms with E-state index in [0.717, 1.165) is 18.2 Å². The van der Waals surface area contributed by atoms with Gasteiger partial charge >= 0.3 is 103 Å². The predicted octanol–water partition coefficient (Wildman–Crippen LogP) is -2.37. The first-order valence-electron chi connectivity index (χ1n) is 16.1. The van der Waals surface area contributed by atoms with Crippen LogP contribution in [0.4, 0.5) is 44.9 Å². The zero-order chi connectivity index (χ0) is 40.0. The Morgan fingerprint density at radius 1 is 0.667 bits per heavy atom. The summed E-state index contributed by atoms with van der Waals surface area (Å²) in [5.41, 5.74) is 12.5. The van der Waals surface area contributed by atoms with Crippen molar-refractivity contribution in [1.82, 2.24) is 54.9 Å². The number of carboxylic acids is 2. The third-order valence-corrected chi connectivity index (χ3v) is 8.81. The van der Waals surface area contributed by atoms with Gasteiger partial charge in [0.2, 0.25) is 5.95 Å². The van der Waals surface area contributed by atoms with Crippen molar-refractivity contribution >= 4 is 79.5 Å². The van der Waals surface area contributed by atoms with Crippen LogP contribution >= 0.6 is 22.7 Å². The molecule has 0 aliphatic carbocycles. The van der Waals surface area contributed by atoms with Crippen LogP contribution in [0.2, 0.25) is 0 Å². The maximum Gasteiger partial charge on any atom is 1.00 e. The number of nitrogens with zero attached hydrogens (tertiary/aromatic N) is 15. The van der Waals surface area contributed by atoms with Crippen molar-refractivity contribution in [3.8, 4) is 11.9 Å². The van der Waals surface area contributed by atoms with Crippen molar-refractivity contribution < 1.29 is 123 Å². The van der Waals surface area contributed by atoms with Gasteiger partial charge in [-0.05, 0) is 43.2 Å². The maximum atomic E-state index is 11.8. The molecule has 0 spiro atoms. The van der Waals surface area contributed by atoms with Crippen molar-refractivity contribution in [2.75, 3.05) is 16.8 Å². The Balaban J connectivity index is 0.00000360. The number of benzene rings is 1. The van der Waals surface area contributed by atoms with Gasteiger partial charge < -0.3 is 36.6 Å². The third kappa shape index (κ3) is 10.6. The van der Waals surface area contributed by atoms with Crippen LogP contribution in [0.15, 0.2) is 38.7 Å². The van der Waals surface area contributed by atoms with Gasteiger partial charge in [-0.25, -0.2) is 0 Å². The molecular weight excluding hydrogens is 831 g/mol. The van der Waals surface area contributed by atoms with Gasteiger partial charge in [0.25, 0.3) is 22.2 Å². The second-order valence-corrected chi connectivity index (χ2v) is 16.2. The Labute approximate surface area is 417 Å². The van der Waals surface area contributed by atoms with Crippen LogP contribution in [0.1, 0.15) is 83.7 Å². The van der Waals surface area contributed by atoms with Gasteiger partial charge in [0.1, 0.15) is 10.0 Å². The smallest absolute Gasteiger partial charge is 0.545 e. The molecule has 0 saturated heterocycles. The summed E-state index contributed by atoms with van der Waals surface area (Å²) in [6.07, 6.45) is 0. The summed E-state index contributed by atoms with van der Waals surface area (Å²) in [5, 5.41) is 70.9. The summed E-state index contributed by atoms with van der Waals surface area (Å²) in [5.74, 6) is -3.84. The summed E-state index contributed by atoms with van der Waals surface area (Å²) in [7, 11) is 0. The molecule has 57 heavy (non-hydrogen) atoms. The summed E-state index contributed by atoms with van der Waals surface area (Å²) in [4.78, 5) is 37.2. The van der Waals surface area contributed by atoms with E-state index in [0.29, 0.717) is 31.7 Å². The molecule has 5 N–H and O–H groups in total. The minimum absolute atomic E-state index is 0. The van der Waals surface area contributed by atoms with Crippen LogP contribution in [0, 0.1) is 13.8 Å². The number of carboxylic acid groups (broad SMARTS) is 2. The van der Waals surface area contributed by atoms with Crippen LogP contribution in [0.3, 0.4) is 0 Å². The molecule has 6 aromatic rings. The van der Waals surface area contributed by atoms with Crippen molar-refractivity contribution in [3.63, 3.8) is 0 Å². The average molecular weight is 863 g/mol. The zero-order valence-electron chi connectivity index (χ0n) is 32.5. The molecule has 0 radical (unpaired) electrons. The van der Waals surface area contributed by atoms with Gasteiger partial charge in [-0.1, -0.05) is 64.2 Å². The molecule has 0 aliphatic heterocycles. The fourth-order valence-corrected chi connectivity index (χ4v) is 5.88. The van der Waals surface area contributed by atoms with E-state index in [1.54, 1.807) is 13.8 Å². The van der Waals surface area contributed by atoms with Gasteiger partial charge in [-0.3, -0.25) is 0 Å². The van der Waals surface area contributed by atoms with E-state index in [1.807, 2.05) is 41.5 Å². The standard InChI is InChI=1S/C31H34N18O4S2.2K/c1-12-38-42-28(54-12)44-40-17-19(30(3,4)5)46-48(21(17)32)26-35-25(34-16-10-14(23(50)51)9-15(11-16)24(52)53)36-27(37-26)49-22(33)18(20(47-49)31(6,7)8)41-45-29-43-39-13(2)55-29;;/h9-11H,32-33H2,1-8H3,(H,50,51)(H,52,53)(H,34,35,36,37);;/q;2*+1/p-2. The summed E-state index contributed by atoms with van der Waals surface area (Å²) < 4.78 is 2.42. The van der Waals surface area contributed by atoms with E-state index in [4.69, 9.17) is 21.7 Å². The minimum Gasteiger partial charge on any atom is -0.545 e. The SMILES string of the molecule is Cc1nnc(N=Nc2c(C(C)(C)C)nn(-c3nc(Nc4cc(C(=O)[O-])cc(C(=O)[O-])c4)nc(-n4nc(C(C)(C)C)c(N=Nc5nnc(C)s5)c4N)n3)c2N)s1.[K+].[K+]. The average Bonchev–Trinajstić information content (AvgIpc) is 3.87. The number of carbonyl (C=O) groups excluding carboxylic acids is 2. The van der Waals surface area contributed by atoms with E-state index in [-0.39, 0.29) is 149 Å². The number of hydrogen-bond donors (Lipinski definition) is 3. The van der Waals surface area contributed by atoms with Crippen molar-refractivity contribution in [1.29, 1.82) is 0 Å². The van der Waals surface area contributed by atoms with Crippen LogP contribution in [0.25, 0.3) is 11.9 Å². The second-order valence-electron chi connectivity index (χ2n) is 13.9. The molecule has 0 aliphatic rings. The molecule has 5 heterocycles. The fraction of sp³-hybridized carbons (Fsp3) is 0.323. The maximum absolute atomic E-state index is 11.8. The number of carbonyl (C=O) groups is 2. The fourth-order valence-electron chi connectivity index (χ4n) is 4.86. The van der Waals surface area contributed by atoms with Crippen molar-refractivity contribution in [2.45, 2.75) is 66.2 Å². The monoisotopic (exact) mass is 862 g/mol. The number of aryl methyl sites for hydroxylation is 2. The molecule has 0 bridgehead atoms. The Hall–Kier alpha value is -3.42. The molecule has 0 atom stereocenters. The van der Waals surface area contributed by atoms with E-state index in [9.17, 15) is 19.8 Å². The van der Waals surface area contributed by atoms with E-state index in [1.165, 1.54) is 32.0 Å². The molecule has 0 unspecified atom stereocenters. The van der Waals surface area contributed by atoms with Gasteiger partial charge in [0.15, 0.2) is 23.0 Å². The Morgan fingerprint density at radius 2 is 1.07 bits per heavy atom. The first-order valence-corrected chi connectivity index (χ1v) is 17.7. The minimum atomic E-state index is -1.63.